The summed E-state index contributed by atoms with van der Waals surface area (Å²) in [6.45, 7) is 9.72. The summed E-state index contributed by atoms with van der Waals surface area (Å²) in [7, 11) is 0. The Bertz CT molecular complexity index is 1220. The predicted molar refractivity (Wildman–Crippen MR) is 170 cm³/mol. The molecule has 6 N–H and O–H groups in total. The Morgan fingerprint density at radius 2 is 1.75 bits per heavy atom. The third-order valence-electron chi connectivity index (χ3n) is 6.78. The lowest BCUT2D eigenvalue weighted by atomic mass is 9.89. The quantitative estimate of drug-likeness (QED) is 0.110. The van der Waals surface area contributed by atoms with E-state index >= 15 is 0 Å². The molecular formula is C32H45FN8O3. The van der Waals surface area contributed by atoms with Gasteiger partial charge < -0.3 is 36.5 Å². The van der Waals surface area contributed by atoms with Crippen molar-refractivity contribution in [1.29, 1.82) is 0 Å². The molecule has 238 valence electrons. The van der Waals surface area contributed by atoms with Crippen LogP contribution in [0.25, 0.3) is 0 Å². The maximum absolute atomic E-state index is 13.2. The molecule has 1 heterocycles. The molecule has 0 radical (unpaired) electrons. The molecule has 0 atom stereocenters. The number of ether oxygens (including phenoxy) is 2. The Labute approximate surface area is 260 Å². The van der Waals surface area contributed by atoms with E-state index < -0.39 is 5.82 Å². The van der Waals surface area contributed by atoms with Crippen LogP contribution in [-0.4, -0.2) is 66.9 Å². The first-order chi connectivity index (χ1) is 21.4. The van der Waals surface area contributed by atoms with E-state index in [1.54, 1.807) is 12.1 Å². The summed E-state index contributed by atoms with van der Waals surface area (Å²) in [6, 6.07) is 8.18. The van der Waals surface area contributed by atoms with Crippen molar-refractivity contribution in [3.63, 3.8) is 0 Å². The molecule has 0 unspecified atom stereocenters. The number of hydrogen-bond donors (Lipinski definition) is 5. The number of nitrogens with zero attached hydrogens (tertiary/aromatic N) is 3. The van der Waals surface area contributed by atoms with Gasteiger partial charge >= 0.3 is 0 Å². The molecule has 0 aliphatic heterocycles. The van der Waals surface area contributed by atoms with Crippen molar-refractivity contribution in [3.8, 4) is 0 Å². The van der Waals surface area contributed by atoms with E-state index in [1.807, 2.05) is 19.1 Å². The van der Waals surface area contributed by atoms with Gasteiger partial charge in [-0.15, -0.1) is 0 Å². The lowest BCUT2D eigenvalue weighted by molar-refractivity contribution is -0.120. The maximum atomic E-state index is 13.2. The number of carbonyl (C=O) groups excluding carboxylic acids is 1. The standard InChI is InChI=1S/C32H45FN8O3/c1-3-28(14-9-24(2)21-29(42)35-16-18-44-20-19-43-17-15-34)38-32-40-30(36-22-25-7-5-4-6-8-25)39-31(41-32)37-23-26-10-12-27(33)13-11-26/h3,9-10,12,14,25H,2,4-8,15-23,34H2,1H3,(H,35,42)(H3,36,37,38,39,40,41)/b14-9-,28-3+. The predicted octanol–water partition coefficient (Wildman–Crippen LogP) is 4.14. The minimum Gasteiger partial charge on any atom is -0.378 e. The molecular weight excluding hydrogens is 563 g/mol. The number of allylic oxidation sites excluding steroid dienone is 3. The average molecular weight is 609 g/mol. The highest BCUT2D eigenvalue weighted by atomic mass is 19.1. The van der Waals surface area contributed by atoms with Gasteiger partial charge in [-0.05, 0) is 55.5 Å². The van der Waals surface area contributed by atoms with Crippen molar-refractivity contribution in [3.05, 3.63) is 71.7 Å². The number of nitrogens with two attached hydrogens (primary N) is 1. The van der Waals surface area contributed by atoms with Crippen LogP contribution in [0, 0.1) is 23.9 Å². The molecule has 1 amide bonds. The first kappa shape index (κ1) is 34.4. The van der Waals surface area contributed by atoms with Crippen molar-refractivity contribution in [2.45, 2.75) is 52.0 Å². The molecule has 2 aromatic rings. The second-order valence-electron chi connectivity index (χ2n) is 10.4. The van der Waals surface area contributed by atoms with Crippen LogP contribution in [0.1, 0.15) is 51.0 Å². The van der Waals surface area contributed by atoms with Gasteiger partial charge in [0.2, 0.25) is 23.8 Å². The number of carbonyl (C=O) groups is 1. The fourth-order valence-electron chi connectivity index (χ4n) is 4.43. The van der Waals surface area contributed by atoms with Crippen molar-refractivity contribution >= 4 is 23.8 Å². The van der Waals surface area contributed by atoms with Gasteiger partial charge in [-0.3, -0.25) is 4.79 Å². The number of hydrogen-bond acceptors (Lipinski definition) is 10. The second-order valence-corrected chi connectivity index (χ2v) is 10.4. The third-order valence-corrected chi connectivity index (χ3v) is 6.78. The summed E-state index contributed by atoms with van der Waals surface area (Å²) in [4.78, 5) is 25.9. The van der Waals surface area contributed by atoms with Crippen LogP contribution >= 0.6 is 0 Å². The summed E-state index contributed by atoms with van der Waals surface area (Å²) in [5.74, 6) is 1.14. The third kappa shape index (κ3) is 13.9. The van der Waals surface area contributed by atoms with E-state index in [0.717, 1.165) is 12.1 Å². The molecule has 1 aliphatic carbocycles. The van der Waals surface area contributed by atoms with E-state index in [0.29, 0.717) is 81.1 Å². The number of anilines is 3. The zero-order chi connectivity index (χ0) is 31.4. The van der Waals surface area contributed by atoms with Gasteiger partial charge in [-0.1, -0.05) is 44.1 Å². The fraction of sp³-hybridized carbons (Fsp3) is 0.500. The Hall–Kier alpha value is -4.05. The monoisotopic (exact) mass is 608 g/mol. The van der Waals surface area contributed by atoms with Gasteiger partial charge in [-0.2, -0.15) is 19.3 Å². The van der Waals surface area contributed by atoms with Gasteiger partial charge in [0.15, 0.2) is 5.82 Å². The Balaban J connectivity index is 1.54. The van der Waals surface area contributed by atoms with E-state index in [9.17, 15) is 9.18 Å². The molecule has 11 nitrogen and oxygen atoms in total. The smallest absolute Gasteiger partial charge is 0.233 e. The van der Waals surface area contributed by atoms with Gasteiger partial charge in [0.05, 0.1) is 39.4 Å². The van der Waals surface area contributed by atoms with Gasteiger partial charge in [0, 0.05) is 30.9 Å². The number of halogens is 1. The van der Waals surface area contributed by atoms with Crippen molar-refractivity contribution in [2.75, 3.05) is 62.0 Å². The highest BCUT2D eigenvalue weighted by molar-refractivity contribution is 5.79. The average Bonchev–Trinajstić information content (AvgIpc) is 3.03. The Kier molecular flexibility index (Phi) is 15.7. The van der Waals surface area contributed by atoms with Crippen LogP contribution in [0.3, 0.4) is 0 Å². The van der Waals surface area contributed by atoms with Crippen molar-refractivity contribution < 1.29 is 18.7 Å². The lowest BCUT2D eigenvalue weighted by Crippen LogP contribution is -2.27. The fourth-order valence-corrected chi connectivity index (χ4v) is 4.43. The molecule has 12 heteroatoms. The Morgan fingerprint density at radius 1 is 1.02 bits per heavy atom. The normalized spacial score (nSPS) is 13.8. The summed E-state index contributed by atoms with van der Waals surface area (Å²) < 4.78 is 23.9. The number of amides is 1. The number of nitrogens with one attached hydrogen (secondary N) is 4. The molecule has 0 spiro atoms. The summed E-state index contributed by atoms with van der Waals surface area (Å²) >= 11 is 0. The van der Waals surface area contributed by atoms with Crippen LogP contribution in [0.4, 0.5) is 22.2 Å². The first-order valence-corrected chi connectivity index (χ1v) is 15.2. The number of rotatable bonds is 20. The summed E-state index contributed by atoms with van der Waals surface area (Å²) in [5.41, 5.74) is 7.44. The van der Waals surface area contributed by atoms with Gasteiger partial charge in [-0.25, -0.2) is 0 Å². The minimum atomic E-state index is -0.462. The van der Waals surface area contributed by atoms with Gasteiger partial charge in [0.25, 0.3) is 0 Å². The van der Waals surface area contributed by atoms with E-state index in [2.05, 4.69) is 54.9 Å². The van der Waals surface area contributed by atoms with Crippen LogP contribution in [0.15, 0.2) is 48.2 Å². The topological polar surface area (TPSA) is 148 Å². The highest BCUT2D eigenvalue weighted by Crippen LogP contribution is 2.24. The molecule has 3 rings (SSSR count). The first-order valence-electron chi connectivity index (χ1n) is 15.2. The van der Waals surface area contributed by atoms with Crippen LogP contribution in [-0.2, 0) is 20.8 Å². The zero-order valence-corrected chi connectivity index (χ0v) is 25.6. The number of aromatic nitrogens is 3. The van der Waals surface area contributed by atoms with Crippen molar-refractivity contribution in [1.82, 2.24) is 20.3 Å². The minimum absolute atomic E-state index is 0.143. The van der Waals surface area contributed by atoms with Crippen LogP contribution in [0.2, 0.25) is 0 Å². The summed E-state index contributed by atoms with van der Waals surface area (Å²) in [6.07, 6.45) is 11.8. The van der Waals surface area contributed by atoms with Gasteiger partial charge in [0.1, 0.15) is 0 Å². The van der Waals surface area contributed by atoms with Crippen LogP contribution < -0.4 is 27.0 Å². The Morgan fingerprint density at radius 3 is 2.45 bits per heavy atom. The van der Waals surface area contributed by atoms with Crippen LogP contribution in [0.5, 0.6) is 0 Å². The zero-order valence-electron chi connectivity index (χ0n) is 25.6. The molecule has 1 aromatic carbocycles. The van der Waals surface area contributed by atoms with E-state index in [1.165, 1.54) is 38.2 Å². The van der Waals surface area contributed by atoms with E-state index in [-0.39, 0.29) is 12.3 Å². The SMILES string of the molecule is C=C(/C=C\C(=C/C)Nc1nc(NCc2c#cc(F)cc2)nc(NCC2CCCCC2)n1)CC(=O)NCCOCCOCCN. The van der Waals surface area contributed by atoms with Crippen molar-refractivity contribution in [2.24, 2.45) is 11.7 Å². The highest BCUT2D eigenvalue weighted by Gasteiger charge is 2.15. The molecule has 0 bridgehead atoms. The molecule has 44 heavy (non-hydrogen) atoms. The largest absolute Gasteiger partial charge is 0.378 e. The van der Waals surface area contributed by atoms with E-state index in [4.69, 9.17) is 15.2 Å². The molecule has 1 fully saturated rings. The molecule has 1 aromatic heterocycles. The lowest BCUT2D eigenvalue weighted by Gasteiger charge is -2.21. The molecule has 1 saturated carbocycles. The summed E-state index contributed by atoms with van der Waals surface area (Å²) in [5, 5.41) is 12.6. The second kappa shape index (κ2) is 20.0. The molecule has 1 aliphatic rings. The molecule has 0 saturated heterocycles. The maximum Gasteiger partial charge on any atom is 0.233 e.